The molecule has 1 aromatic heterocycles. The zero-order chi connectivity index (χ0) is 17.6. The summed E-state index contributed by atoms with van der Waals surface area (Å²) in [6.45, 7) is 0.298. The number of aliphatic hydroxyl groups excluding tert-OH is 1. The maximum Gasteiger partial charge on any atom is 0.225 e. The van der Waals surface area contributed by atoms with Gasteiger partial charge in [-0.2, -0.15) is 28.5 Å². The molecule has 0 aliphatic carbocycles. The van der Waals surface area contributed by atoms with Crippen molar-refractivity contribution in [2.24, 2.45) is 0 Å². The van der Waals surface area contributed by atoms with Crippen LogP contribution in [-0.4, -0.2) is 63.5 Å². The largest absolute Gasteiger partial charge is 0.393 e. The van der Waals surface area contributed by atoms with E-state index in [1.165, 1.54) is 11.5 Å². The molecule has 0 amide bonds. The zero-order valence-electron chi connectivity index (χ0n) is 13.5. The van der Waals surface area contributed by atoms with Gasteiger partial charge in [-0.3, -0.25) is 0 Å². The number of rotatable bonds is 7. The third-order valence-corrected chi connectivity index (χ3v) is 7.06. The third-order valence-electron chi connectivity index (χ3n) is 3.72. The molecule has 0 bridgehead atoms. The molecule has 1 fully saturated rings. The van der Waals surface area contributed by atoms with Gasteiger partial charge in [-0.05, 0) is 18.2 Å². The molecule has 9 heteroatoms. The lowest BCUT2D eigenvalue weighted by Crippen LogP contribution is -2.24. The van der Waals surface area contributed by atoms with Gasteiger partial charge in [0.1, 0.15) is 12.0 Å². The van der Waals surface area contributed by atoms with E-state index in [2.05, 4.69) is 36.5 Å². The lowest BCUT2D eigenvalue weighted by Gasteiger charge is -2.21. The molecule has 0 spiro atoms. The second-order valence-corrected chi connectivity index (χ2v) is 9.14. The highest BCUT2D eigenvalue weighted by molar-refractivity contribution is 9.10. The predicted molar refractivity (Wildman–Crippen MR) is 110 cm³/mol. The van der Waals surface area contributed by atoms with Crippen LogP contribution in [0.2, 0.25) is 0 Å². The molecule has 2 atom stereocenters. The van der Waals surface area contributed by atoms with Gasteiger partial charge in [-0.25, -0.2) is 9.37 Å². The number of aromatic nitrogens is 2. The van der Waals surface area contributed by atoms with Crippen molar-refractivity contribution in [2.45, 2.75) is 11.4 Å². The van der Waals surface area contributed by atoms with Gasteiger partial charge >= 0.3 is 0 Å². The molecule has 1 saturated heterocycles. The van der Waals surface area contributed by atoms with Crippen LogP contribution in [0.5, 0.6) is 0 Å². The van der Waals surface area contributed by atoms with Crippen LogP contribution in [0.25, 0.3) is 10.9 Å². The molecule has 25 heavy (non-hydrogen) atoms. The van der Waals surface area contributed by atoms with Crippen LogP contribution in [0.3, 0.4) is 0 Å². The quantitative estimate of drug-likeness (QED) is 0.601. The summed E-state index contributed by atoms with van der Waals surface area (Å²) in [5, 5.41) is 16.5. The van der Waals surface area contributed by atoms with Crippen molar-refractivity contribution in [1.29, 1.82) is 0 Å². The molecule has 1 aliphatic heterocycles. The van der Waals surface area contributed by atoms with E-state index in [-0.39, 0.29) is 6.54 Å². The van der Waals surface area contributed by atoms with Gasteiger partial charge in [-0.15, -0.1) is 0 Å². The summed E-state index contributed by atoms with van der Waals surface area (Å²) in [6, 6.07) is 5.73. The van der Waals surface area contributed by atoms with Crippen LogP contribution in [0.4, 0.5) is 16.2 Å². The molecule has 1 aromatic carbocycles. The van der Waals surface area contributed by atoms with E-state index < -0.39 is 12.8 Å². The summed E-state index contributed by atoms with van der Waals surface area (Å²) in [5.74, 6) is 4.62. The standard InChI is InChI=1S/C16H20BrFN4OS2/c17-10-1-2-14-13(5-10)15(19-6-11(18)8-23)22-16(21-14)20-7-12-9-24-3-4-25-12/h1-2,5,11-12,23H,3-4,6-9H2,(H2,19,20,21,22). The lowest BCUT2D eigenvalue weighted by molar-refractivity contribution is 0.186. The Morgan fingerprint density at radius 3 is 2.96 bits per heavy atom. The number of hydrogen-bond acceptors (Lipinski definition) is 7. The van der Waals surface area contributed by atoms with Gasteiger partial charge in [0.25, 0.3) is 0 Å². The highest BCUT2D eigenvalue weighted by atomic mass is 79.9. The number of aliphatic hydroxyl groups is 1. The number of alkyl halides is 1. The summed E-state index contributed by atoms with van der Waals surface area (Å²) >= 11 is 7.39. The fourth-order valence-electron chi connectivity index (χ4n) is 2.45. The summed E-state index contributed by atoms with van der Waals surface area (Å²) in [6.07, 6.45) is -1.33. The van der Waals surface area contributed by atoms with Crippen molar-refractivity contribution < 1.29 is 9.50 Å². The van der Waals surface area contributed by atoms with E-state index >= 15 is 0 Å². The minimum Gasteiger partial charge on any atom is -0.393 e. The average Bonchev–Trinajstić information content (AvgIpc) is 2.65. The molecule has 0 radical (unpaired) electrons. The Kier molecular flexibility index (Phi) is 7.03. The first-order valence-electron chi connectivity index (χ1n) is 8.05. The smallest absolute Gasteiger partial charge is 0.225 e. The van der Waals surface area contributed by atoms with Crippen LogP contribution in [-0.2, 0) is 0 Å². The van der Waals surface area contributed by atoms with Crippen molar-refractivity contribution in [3.05, 3.63) is 22.7 Å². The Labute approximate surface area is 163 Å². The molecule has 1 aliphatic rings. The SMILES string of the molecule is OCC(F)CNc1nc(NCC2CSCCS2)nc2ccc(Br)cc12. The first-order valence-corrected chi connectivity index (χ1v) is 11.0. The highest BCUT2D eigenvalue weighted by Gasteiger charge is 2.16. The molecule has 5 nitrogen and oxygen atoms in total. The first-order chi connectivity index (χ1) is 12.2. The monoisotopic (exact) mass is 446 g/mol. The number of hydrogen-bond donors (Lipinski definition) is 3. The number of halogens is 2. The molecule has 2 heterocycles. The molecule has 2 aromatic rings. The summed E-state index contributed by atoms with van der Waals surface area (Å²) in [7, 11) is 0. The molecule has 136 valence electrons. The van der Waals surface area contributed by atoms with Crippen molar-refractivity contribution in [1.82, 2.24) is 9.97 Å². The van der Waals surface area contributed by atoms with Gasteiger partial charge in [-0.1, -0.05) is 15.9 Å². The van der Waals surface area contributed by atoms with Crippen molar-refractivity contribution in [3.63, 3.8) is 0 Å². The Morgan fingerprint density at radius 1 is 1.32 bits per heavy atom. The number of thioether (sulfide) groups is 2. The second-order valence-electron chi connectivity index (χ2n) is 5.67. The number of fused-ring (bicyclic) bond motifs is 1. The predicted octanol–water partition coefficient (Wildman–Crippen LogP) is 3.40. The molecule has 3 N–H and O–H groups in total. The number of nitrogens with one attached hydrogen (secondary N) is 2. The van der Waals surface area contributed by atoms with Crippen molar-refractivity contribution in [2.75, 3.05) is 47.6 Å². The molecular weight excluding hydrogens is 427 g/mol. The van der Waals surface area contributed by atoms with E-state index in [4.69, 9.17) is 5.11 Å². The van der Waals surface area contributed by atoms with Crippen molar-refractivity contribution >= 4 is 62.1 Å². The van der Waals surface area contributed by atoms with Crippen LogP contribution >= 0.6 is 39.5 Å². The Bertz CT molecular complexity index is 718. The number of anilines is 2. The fraction of sp³-hybridized carbons (Fsp3) is 0.500. The Balaban J connectivity index is 1.79. The van der Waals surface area contributed by atoms with Crippen molar-refractivity contribution in [3.8, 4) is 0 Å². The van der Waals surface area contributed by atoms with E-state index in [1.54, 1.807) is 0 Å². The molecule has 2 unspecified atom stereocenters. The summed E-state index contributed by atoms with van der Waals surface area (Å²) in [5.41, 5.74) is 0.785. The fourth-order valence-corrected chi connectivity index (χ4v) is 5.42. The molecule has 0 saturated carbocycles. The first kappa shape index (κ1) is 19.0. The molecular formula is C16H20BrFN4OS2. The average molecular weight is 447 g/mol. The zero-order valence-corrected chi connectivity index (χ0v) is 16.8. The lowest BCUT2D eigenvalue weighted by atomic mass is 10.2. The van der Waals surface area contributed by atoms with Gasteiger partial charge in [0.2, 0.25) is 5.95 Å². The van der Waals surface area contributed by atoms with E-state index in [0.717, 1.165) is 27.7 Å². The van der Waals surface area contributed by atoms with Gasteiger partial charge in [0, 0.05) is 45.5 Å². The maximum absolute atomic E-state index is 13.4. The van der Waals surface area contributed by atoms with Crippen LogP contribution in [0, 0.1) is 0 Å². The minimum absolute atomic E-state index is 0.00365. The minimum atomic E-state index is -1.33. The number of benzene rings is 1. The van der Waals surface area contributed by atoms with Gasteiger partial charge in [0.15, 0.2) is 0 Å². The Morgan fingerprint density at radius 2 is 2.20 bits per heavy atom. The van der Waals surface area contributed by atoms with E-state index in [9.17, 15) is 4.39 Å². The Hall–Kier alpha value is -0.770. The van der Waals surface area contributed by atoms with E-state index in [0.29, 0.717) is 17.0 Å². The van der Waals surface area contributed by atoms with Crippen LogP contribution < -0.4 is 10.6 Å². The number of nitrogens with zero attached hydrogens (tertiary/aromatic N) is 2. The normalized spacial score (nSPS) is 18.9. The van der Waals surface area contributed by atoms with Gasteiger partial charge in [0.05, 0.1) is 12.1 Å². The maximum atomic E-state index is 13.4. The highest BCUT2D eigenvalue weighted by Crippen LogP contribution is 2.27. The summed E-state index contributed by atoms with van der Waals surface area (Å²) < 4.78 is 14.3. The van der Waals surface area contributed by atoms with Gasteiger partial charge < -0.3 is 15.7 Å². The van der Waals surface area contributed by atoms with Crippen LogP contribution in [0.1, 0.15) is 0 Å². The van der Waals surface area contributed by atoms with E-state index in [1.807, 2.05) is 41.7 Å². The second kappa shape index (κ2) is 9.25. The topological polar surface area (TPSA) is 70.1 Å². The van der Waals surface area contributed by atoms with Crippen LogP contribution in [0.15, 0.2) is 22.7 Å². The third kappa shape index (κ3) is 5.35. The summed E-state index contributed by atoms with van der Waals surface area (Å²) in [4.78, 5) is 9.08. The molecule has 3 rings (SSSR count).